The molecule has 5 aromatic rings. The summed E-state index contributed by atoms with van der Waals surface area (Å²) in [4.78, 5) is 2.82. The van der Waals surface area contributed by atoms with Gasteiger partial charge in [-0.05, 0) is 94.0 Å². The Kier molecular flexibility index (Phi) is 4.71. The molecule has 2 atom stereocenters. The van der Waals surface area contributed by atoms with Gasteiger partial charge in [0.1, 0.15) is 0 Å². The molecule has 4 aromatic carbocycles. The molecule has 0 N–H and O–H groups in total. The Morgan fingerprint density at radius 2 is 1.40 bits per heavy atom. The molecule has 1 aromatic heterocycles. The van der Waals surface area contributed by atoms with E-state index in [0.29, 0.717) is 0 Å². The van der Waals surface area contributed by atoms with Crippen LogP contribution in [0.3, 0.4) is 0 Å². The van der Waals surface area contributed by atoms with Crippen LogP contribution in [0.5, 0.6) is 0 Å². The van der Waals surface area contributed by atoms with Crippen LogP contribution in [-0.4, -0.2) is 16.8 Å². The van der Waals surface area contributed by atoms with Gasteiger partial charge >= 0.3 is 0 Å². The van der Waals surface area contributed by atoms with Crippen LogP contribution in [0.1, 0.15) is 97.8 Å². The molecule has 3 aliphatic heterocycles. The fourth-order valence-corrected chi connectivity index (χ4v) is 9.65. The molecular weight excluding hydrogens is 519 g/mol. The van der Waals surface area contributed by atoms with Crippen LogP contribution in [0.2, 0.25) is 0 Å². The van der Waals surface area contributed by atoms with Crippen molar-refractivity contribution in [2.75, 3.05) is 4.90 Å². The topological polar surface area (TPSA) is 8.17 Å². The summed E-state index contributed by atoms with van der Waals surface area (Å²) in [5.41, 5.74) is 16.3. The van der Waals surface area contributed by atoms with Crippen molar-refractivity contribution in [3.05, 3.63) is 83.4 Å². The lowest BCUT2D eigenvalue weighted by Crippen LogP contribution is -2.64. The molecule has 0 saturated heterocycles. The monoisotopic (exact) mass is 562 g/mol. The van der Waals surface area contributed by atoms with Gasteiger partial charge in [0.05, 0.1) is 11.1 Å². The first-order valence-corrected chi connectivity index (χ1v) is 16.5. The molecule has 216 valence electrons. The molecule has 43 heavy (non-hydrogen) atoms. The van der Waals surface area contributed by atoms with Gasteiger partial charge in [0.15, 0.2) is 0 Å². The number of anilines is 2. The van der Waals surface area contributed by atoms with Crippen molar-refractivity contribution in [1.29, 1.82) is 0 Å². The minimum atomic E-state index is 0.0514. The van der Waals surface area contributed by atoms with E-state index >= 15 is 0 Å². The first-order chi connectivity index (χ1) is 20.3. The quantitative estimate of drug-likeness (QED) is 0.169. The van der Waals surface area contributed by atoms with Crippen LogP contribution in [0.4, 0.5) is 11.4 Å². The van der Waals surface area contributed by atoms with E-state index in [4.69, 9.17) is 0 Å². The Morgan fingerprint density at radius 3 is 2.16 bits per heavy atom. The standard InChI is InChI=1S/C40H43BN2/c1-37(2,3)24-17-18-31-26(21-24)27-22-25(38(4,5)6)23-30-35(27)42(31)32-15-12-16-33-34(32)41(30)29-14-11-13-28-36(29)43(33)40(8)20-10-9-19-39(28,40)7/h11-18,21-23H,9-10,19-20H2,1-8H3. The predicted octanol–water partition coefficient (Wildman–Crippen LogP) is 8.26. The highest BCUT2D eigenvalue weighted by Gasteiger charge is 2.61. The van der Waals surface area contributed by atoms with E-state index in [1.54, 1.807) is 5.56 Å². The van der Waals surface area contributed by atoms with Crippen LogP contribution in [-0.2, 0) is 16.2 Å². The molecular formula is C40H43BN2. The fourth-order valence-electron chi connectivity index (χ4n) is 9.65. The van der Waals surface area contributed by atoms with Crippen molar-refractivity contribution < 1.29 is 0 Å². The maximum Gasteiger partial charge on any atom is 0.252 e. The number of rotatable bonds is 0. The third kappa shape index (κ3) is 2.97. The van der Waals surface area contributed by atoms with Crippen molar-refractivity contribution in [2.24, 2.45) is 0 Å². The SMILES string of the molecule is CC(C)(C)c1ccc2c(c1)c1cc(C(C)(C)C)cc3c1n2-c1cccc2c1B3c1cccc3c1N2C1(C)CCCCC31C. The van der Waals surface area contributed by atoms with Gasteiger partial charge in [-0.2, -0.15) is 0 Å². The molecule has 4 aliphatic rings. The summed E-state index contributed by atoms with van der Waals surface area (Å²) in [5.74, 6) is 0. The van der Waals surface area contributed by atoms with Crippen LogP contribution >= 0.6 is 0 Å². The maximum absolute atomic E-state index is 2.82. The zero-order valence-corrected chi connectivity index (χ0v) is 27.2. The summed E-state index contributed by atoms with van der Waals surface area (Å²) >= 11 is 0. The second-order valence-corrected chi connectivity index (χ2v) is 16.6. The minimum absolute atomic E-state index is 0.0514. The second-order valence-electron chi connectivity index (χ2n) is 16.6. The van der Waals surface area contributed by atoms with Gasteiger partial charge in [-0.25, -0.2) is 0 Å². The van der Waals surface area contributed by atoms with Gasteiger partial charge < -0.3 is 9.47 Å². The van der Waals surface area contributed by atoms with Gasteiger partial charge in [-0.15, -0.1) is 0 Å². The van der Waals surface area contributed by atoms with Crippen molar-refractivity contribution >= 4 is 56.3 Å². The highest BCUT2D eigenvalue weighted by Crippen LogP contribution is 2.61. The molecule has 9 rings (SSSR count). The van der Waals surface area contributed by atoms with E-state index < -0.39 is 0 Å². The van der Waals surface area contributed by atoms with Gasteiger partial charge in [-0.1, -0.05) is 97.7 Å². The van der Waals surface area contributed by atoms with Crippen LogP contribution in [0.25, 0.3) is 27.5 Å². The average Bonchev–Trinajstić information content (AvgIpc) is 3.40. The number of benzene rings is 4. The van der Waals surface area contributed by atoms with Crippen molar-refractivity contribution in [3.8, 4) is 5.69 Å². The molecule has 0 spiro atoms. The van der Waals surface area contributed by atoms with E-state index in [1.165, 1.54) is 92.1 Å². The summed E-state index contributed by atoms with van der Waals surface area (Å²) in [6.07, 6.45) is 5.13. The van der Waals surface area contributed by atoms with Crippen molar-refractivity contribution in [3.63, 3.8) is 0 Å². The first kappa shape index (κ1) is 26.0. The van der Waals surface area contributed by atoms with E-state index in [-0.39, 0.29) is 28.5 Å². The number of nitrogens with zero attached hydrogens (tertiary/aromatic N) is 2. The maximum atomic E-state index is 2.82. The normalized spacial score (nSPS) is 23.5. The number of para-hydroxylation sites is 1. The lowest BCUT2D eigenvalue weighted by Gasteiger charge is -2.52. The molecule has 4 heterocycles. The van der Waals surface area contributed by atoms with Crippen LogP contribution < -0.4 is 21.3 Å². The van der Waals surface area contributed by atoms with E-state index in [2.05, 4.69) is 132 Å². The number of fused-ring (bicyclic) bond motifs is 10. The largest absolute Gasteiger partial charge is 0.335 e. The average molecular weight is 563 g/mol. The lowest BCUT2D eigenvalue weighted by molar-refractivity contribution is 0.195. The summed E-state index contributed by atoms with van der Waals surface area (Å²) in [5, 5.41) is 2.79. The Balaban J connectivity index is 1.46. The zero-order valence-electron chi connectivity index (χ0n) is 27.2. The molecule has 0 amide bonds. The predicted molar refractivity (Wildman–Crippen MR) is 186 cm³/mol. The van der Waals surface area contributed by atoms with Crippen LogP contribution in [0, 0.1) is 0 Å². The smallest absolute Gasteiger partial charge is 0.252 e. The number of aromatic nitrogens is 1. The summed E-state index contributed by atoms with van der Waals surface area (Å²) in [6.45, 7) is 19.5. The third-order valence-electron chi connectivity index (χ3n) is 12.2. The Hall–Kier alpha value is -3.46. The Morgan fingerprint density at radius 1 is 0.698 bits per heavy atom. The Labute approximate surface area is 257 Å². The summed E-state index contributed by atoms with van der Waals surface area (Å²) in [6, 6.07) is 26.8. The fraction of sp³-hybridized carbons (Fsp3) is 0.400. The number of hydrogen-bond donors (Lipinski definition) is 0. The first-order valence-electron chi connectivity index (χ1n) is 16.5. The zero-order chi connectivity index (χ0) is 29.8. The molecule has 1 aliphatic carbocycles. The number of hydrogen-bond acceptors (Lipinski definition) is 1. The molecule has 3 heteroatoms. The van der Waals surface area contributed by atoms with Crippen LogP contribution in [0.15, 0.2) is 66.7 Å². The molecule has 1 fully saturated rings. The molecule has 0 radical (unpaired) electrons. The Bertz CT molecular complexity index is 2050. The highest BCUT2D eigenvalue weighted by atomic mass is 15.3. The van der Waals surface area contributed by atoms with E-state index in [1.807, 2.05) is 0 Å². The molecule has 0 bridgehead atoms. The van der Waals surface area contributed by atoms with Gasteiger partial charge in [0, 0.05) is 38.8 Å². The van der Waals surface area contributed by atoms with E-state index in [9.17, 15) is 0 Å². The minimum Gasteiger partial charge on any atom is -0.335 e. The van der Waals surface area contributed by atoms with Gasteiger partial charge in [0.2, 0.25) is 0 Å². The summed E-state index contributed by atoms with van der Waals surface area (Å²) < 4.78 is 2.63. The second kappa shape index (κ2) is 7.78. The van der Waals surface area contributed by atoms with Gasteiger partial charge in [0.25, 0.3) is 6.71 Å². The highest BCUT2D eigenvalue weighted by molar-refractivity contribution is 7.00. The summed E-state index contributed by atoms with van der Waals surface area (Å²) in [7, 11) is 0. The van der Waals surface area contributed by atoms with Gasteiger partial charge in [-0.3, -0.25) is 0 Å². The molecule has 2 nitrogen and oxygen atoms in total. The lowest BCUT2D eigenvalue weighted by atomic mass is 9.33. The third-order valence-corrected chi connectivity index (χ3v) is 12.2. The van der Waals surface area contributed by atoms with E-state index in [0.717, 1.165) is 0 Å². The van der Waals surface area contributed by atoms with Crippen molar-refractivity contribution in [2.45, 2.75) is 103 Å². The van der Waals surface area contributed by atoms with Crippen molar-refractivity contribution in [1.82, 2.24) is 4.57 Å². The molecule has 1 saturated carbocycles. The molecule has 2 unspecified atom stereocenters.